The van der Waals surface area contributed by atoms with Crippen LogP contribution in [0.4, 0.5) is 5.69 Å². The summed E-state index contributed by atoms with van der Waals surface area (Å²) >= 11 is 0. The number of carbonyl (C=O) groups is 2. The summed E-state index contributed by atoms with van der Waals surface area (Å²) in [5.41, 5.74) is 2.26. The first kappa shape index (κ1) is 16.2. The molecule has 0 spiro atoms. The Morgan fingerprint density at radius 1 is 0.917 bits per heavy atom. The minimum absolute atomic E-state index is 0.272. The molecule has 0 bridgehead atoms. The molecule has 2 amide bonds. The molecule has 0 saturated heterocycles. The predicted molar refractivity (Wildman–Crippen MR) is 90.4 cm³/mol. The molecule has 0 aliphatic carbocycles. The fourth-order valence-electron chi connectivity index (χ4n) is 2.64. The maximum Gasteiger partial charge on any atom is 0.261 e. The zero-order valence-electron chi connectivity index (χ0n) is 13.0. The van der Waals surface area contributed by atoms with Crippen LogP contribution in [0, 0.1) is 0 Å². The molecule has 2 aromatic carbocycles. The summed E-state index contributed by atoms with van der Waals surface area (Å²) < 4.78 is 24.7. The van der Waals surface area contributed by atoms with Gasteiger partial charge in [-0.2, -0.15) is 0 Å². The van der Waals surface area contributed by atoms with Crippen molar-refractivity contribution in [2.24, 2.45) is 0 Å². The van der Waals surface area contributed by atoms with Crippen LogP contribution in [0.1, 0.15) is 26.3 Å². The van der Waals surface area contributed by atoms with Crippen molar-refractivity contribution in [3.63, 3.8) is 0 Å². The Kier molecular flexibility index (Phi) is 4.11. The average Bonchev–Trinajstić information content (AvgIpc) is 2.77. The molecule has 0 unspecified atom stereocenters. The second-order valence-electron chi connectivity index (χ2n) is 5.63. The molecule has 7 heteroatoms. The lowest BCUT2D eigenvalue weighted by Crippen LogP contribution is -2.31. The van der Waals surface area contributed by atoms with Crippen molar-refractivity contribution in [1.82, 2.24) is 4.90 Å². The molecule has 0 radical (unpaired) electrons. The number of benzene rings is 2. The van der Waals surface area contributed by atoms with Crippen LogP contribution in [0.25, 0.3) is 0 Å². The lowest BCUT2D eigenvalue weighted by Gasteiger charge is -2.14. The Morgan fingerprint density at radius 2 is 1.46 bits per heavy atom. The van der Waals surface area contributed by atoms with Crippen LogP contribution in [-0.2, 0) is 16.4 Å². The Morgan fingerprint density at radius 3 is 1.96 bits per heavy atom. The third-order valence-corrected chi connectivity index (χ3v) is 4.37. The zero-order valence-corrected chi connectivity index (χ0v) is 13.8. The number of nitrogens with zero attached hydrogens (tertiary/aromatic N) is 1. The second kappa shape index (κ2) is 6.09. The Labute approximate surface area is 140 Å². The van der Waals surface area contributed by atoms with Crippen LogP contribution in [0.5, 0.6) is 0 Å². The number of sulfonamides is 1. The van der Waals surface area contributed by atoms with Crippen LogP contribution in [0.15, 0.2) is 48.5 Å². The Bertz CT molecular complexity index is 869. The van der Waals surface area contributed by atoms with Crippen LogP contribution in [-0.4, -0.2) is 37.9 Å². The maximum atomic E-state index is 12.3. The number of amides is 2. The van der Waals surface area contributed by atoms with E-state index in [1.165, 1.54) is 4.90 Å². The molecule has 0 atom stereocenters. The molecule has 0 fully saturated rings. The molecule has 24 heavy (non-hydrogen) atoms. The lowest BCUT2D eigenvalue weighted by molar-refractivity contribution is 0.0656. The smallest absolute Gasteiger partial charge is 0.261 e. The highest BCUT2D eigenvalue weighted by Gasteiger charge is 2.34. The first-order valence-corrected chi connectivity index (χ1v) is 9.26. The van der Waals surface area contributed by atoms with Gasteiger partial charge in [0, 0.05) is 12.2 Å². The van der Waals surface area contributed by atoms with Gasteiger partial charge in [0.15, 0.2) is 0 Å². The van der Waals surface area contributed by atoms with Crippen LogP contribution in [0.2, 0.25) is 0 Å². The number of anilines is 1. The van der Waals surface area contributed by atoms with Gasteiger partial charge in [0.2, 0.25) is 10.0 Å². The summed E-state index contributed by atoms with van der Waals surface area (Å²) in [7, 11) is -3.31. The number of carbonyl (C=O) groups excluding carboxylic acids is 2. The van der Waals surface area contributed by atoms with E-state index in [1.54, 1.807) is 48.5 Å². The van der Waals surface area contributed by atoms with Crippen molar-refractivity contribution in [3.05, 3.63) is 65.2 Å². The molecule has 0 aromatic heterocycles. The number of hydrogen-bond acceptors (Lipinski definition) is 4. The summed E-state index contributed by atoms with van der Waals surface area (Å²) in [5.74, 6) is -0.545. The number of nitrogens with one attached hydrogen (secondary N) is 1. The molecule has 3 rings (SSSR count). The van der Waals surface area contributed by atoms with E-state index in [9.17, 15) is 18.0 Å². The van der Waals surface area contributed by atoms with Crippen LogP contribution >= 0.6 is 0 Å². The van der Waals surface area contributed by atoms with E-state index >= 15 is 0 Å². The van der Waals surface area contributed by atoms with Gasteiger partial charge in [-0.15, -0.1) is 0 Å². The topological polar surface area (TPSA) is 83.6 Å². The van der Waals surface area contributed by atoms with Crippen molar-refractivity contribution < 1.29 is 18.0 Å². The summed E-state index contributed by atoms with van der Waals surface area (Å²) in [4.78, 5) is 25.8. The molecule has 1 N–H and O–H groups in total. The van der Waals surface area contributed by atoms with Gasteiger partial charge in [-0.3, -0.25) is 19.2 Å². The van der Waals surface area contributed by atoms with E-state index in [2.05, 4.69) is 4.72 Å². The monoisotopic (exact) mass is 344 g/mol. The van der Waals surface area contributed by atoms with Gasteiger partial charge in [0.25, 0.3) is 11.8 Å². The van der Waals surface area contributed by atoms with Crippen molar-refractivity contribution in [3.8, 4) is 0 Å². The van der Waals surface area contributed by atoms with E-state index in [0.717, 1.165) is 11.8 Å². The van der Waals surface area contributed by atoms with Crippen molar-refractivity contribution >= 4 is 27.5 Å². The number of imide groups is 1. The molecule has 124 valence electrons. The fourth-order valence-corrected chi connectivity index (χ4v) is 3.20. The highest BCUT2D eigenvalue weighted by atomic mass is 32.2. The maximum absolute atomic E-state index is 12.3. The molecule has 1 aliphatic rings. The van der Waals surface area contributed by atoms with Crippen LogP contribution < -0.4 is 4.72 Å². The van der Waals surface area contributed by atoms with E-state index in [1.807, 2.05) is 0 Å². The largest absolute Gasteiger partial charge is 0.284 e. The summed E-state index contributed by atoms with van der Waals surface area (Å²) in [6, 6.07) is 13.6. The Hall–Kier alpha value is -2.67. The first-order chi connectivity index (χ1) is 11.3. The minimum atomic E-state index is -3.31. The number of hydrogen-bond donors (Lipinski definition) is 1. The van der Waals surface area contributed by atoms with Gasteiger partial charge >= 0.3 is 0 Å². The van der Waals surface area contributed by atoms with Crippen molar-refractivity contribution in [1.29, 1.82) is 0 Å². The lowest BCUT2D eigenvalue weighted by atomic mass is 10.1. The van der Waals surface area contributed by atoms with E-state index in [-0.39, 0.29) is 18.4 Å². The van der Waals surface area contributed by atoms with Crippen LogP contribution in [0.3, 0.4) is 0 Å². The third-order valence-electron chi connectivity index (χ3n) is 3.76. The minimum Gasteiger partial charge on any atom is -0.284 e. The molecular formula is C17H16N2O4S. The molecular weight excluding hydrogens is 328 g/mol. The normalized spacial score (nSPS) is 14.0. The summed E-state index contributed by atoms with van der Waals surface area (Å²) in [6.45, 7) is 0.283. The quantitative estimate of drug-likeness (QED) is 0.840. The van der Waals surface area contributed by atoms with Gasteiger partial charge in [0.05, 0.1) is 17.4 Å². The fraction of sp³-hybridized carbons (Fsp3) is 0.176. The Balaban J connectivity index is 1.67. The average molecular weight is 344 g/mol. The highest BCUT2D eigenvalue weighted by molar-refractivity contribution is 7.92. The van der Waals surface area contributed by atoms with Gasteiger partial charge in [-0.05, 0) is 36.2 Å². The van der Waals surface area contributed by atoms with Crippen molar-refractivity contribution in [2.75, 3.05) is 17.5 Å². The van der Waals surface area contributed by atoms with E-state index in [0.29, 0.717) is 23.2 Å². The standard InChI is InChI=1S/C17H16N2O4S/c1-24(22,23)18-13-8-6-12(7-9-13)10-11-19-16(20)14-4-2-3-5-15(14)17(19)21/h2-9,18H,10-11H2,1H3. The predicted octanol–water partition coefficient (Wildman–Crippen LogP) is 1.90. The number of rotatable bonds is 5. The number of fused-ring (bicyclic) bond motifs is 1. The molecule has 2 aromatic rings. The van der Waals surface area contributed by atoms with E-state index in [4.69, 9.17) is 0 Å². The van der Waals surface area contributed by atoms with E-state index < -0.39 is 10.0 Å². The van der Waals surface area contributed by atoms with Gasteiger partial charge in [-0.1, -0.05) is 24.3 Å². The molecule has 1 aliphatic heterocycles. The zero-order chi connectivity index (χ0) is 17.3. The molecule has 0 saturated carbocycles. The van der Waals surface area contributed by atoms with Gasteiger partial charge in [-0.25, -0.2) is 8.42 Å². The highest BCUT2D eigenvalue weighted by Crippen LogP contribution is 2.22. The SMILES string of the molecule is CS(=O)(=O)Nc1ccc(CCN2C(=O)c3ccccc3C2=O)cc1. The third kappa shape index (κ3) is 3.30. The van der Waals surface area contributed by atoms with Gasteiger partial charge in [0.1, 0.15) is 0 Å². The second-order valence-corrected chi connectivity index (χ2v) is 7.38. The molecule has 6 nitrogen and oxygen atoms in total. The first-order valence-electron chi connectivity index (χ1n) is 7.37. The summed E-state index contributed by atoms with van der Waals surface area (Å²) in [5, 5.41) is 0. The molecule has 1 heterocycles. The summed E-state index contributed by atoms with van der Waals surface area (Å²) in [6.07, 6.45) is 1.59. The van der Waals surface area contributed by atoms with Crippen molar-refractivity contribution in [2.45, 2.75) is 6.42 Å². The van der Waals surface area contributed by atoms with Gasteiger partial charge < -0.3 is 0 Å².